The number of methoxy groups -OCH3 is 1. The molecule has 0 radical (unpaired) electrons. The van der Waals surface area contributed by atoms with Gasteiger partial charge in [0.2, 0.25) is 0 Å². The fourth-order valence-electron chi connectivity index (χ4n) is 2.28. The number of carbonyl (C=O) groups is 1. The molecule has 0 aliphatic heterocycles. The molecule has 0 bridgehead atoms. The van der Waals surface area contributed by atoms with Crippen molar-refractivity contribution < 1.29 is 18.7 Å². The molecule has 6 heteroatoms. The maximum absolute atomic E-state index is 13.6. The van der Waals surface area contributed by atoms with E-state index in [4.69, 9.17) is 21.1 Å². The largest absolute Gasteiger partial charge is 0.488 e. The van der Waals surface area contributed by atoms with Crippen molar-refractivity contribution in [2.75, 3.05) is 7.11 Å². The minimum atomic E-state index is -0.589. The van der Waals surface area contributed by atoms with E-state index in [1.165, 1.54) is 31.4 Å². The van der Waals surface area contributed by atoms with Crippen molar-refractivity contribution in [2.24, 2.45) is 0 Å². The first-order valence-electron chi connectivity index (χ1n) is 7.12. The van der Waals surface area contributed by atoms with Crippen LogP contribution in [-0.4, -0.2) is 18.1 Å². The standard InChI is InChI=1S/C18H13ClFNO3/c1-23-18(22)16-9-17(14-8-13(20)5-6-15(14)21-16)24-10-11-3-2-4-12(19)7-11/h2-9H,10H2,1H3. The Balaban J connectivity index is 2.00. The van der Waals surface area contributed by atoms with Crippen LogP contribution < -0.4 is 4.74 Å². The Labute approximate surface area is 142 Å². The van der Waals surface area contributed by atoms with Crippen LogP contribution in [0, 0.1) is 5.82 Å². The second-order valence-corrected chi connectivity index (χ2v) is 5.51. The van der Waals surface area contributed by atoms with Gasteiger partial charge in [-0.15, -0.1) is 0 Å². The van der Waals surface area contributed by atoms with Crippen LogP contribution in [0.2, 0.25) is 5.02 Å². The van der Waals surface area contributed by atoms with Gasteiger partial charge >= 0.3 is 5.97 Å². The number of carbonyl (C=O) groups excluding carboxylic acids is 1. The summed E-state index contributed by atoms with van der Waals surface area (Å²) in [6, 6.07) is 12.7. The van der Waals surface area contributed by atoms with Gasteiger partial charge < -0.3 is 9.47 Å². The highest BCUT2D eigenvalue weighted by molar-refractivity contribution is 6.30. The number of halogens is 2. The molecule has 0 aliphatic rings. The summed E-state index contributed by atoms with van der Waals surface area (Å²) in [6.45, 7) is 0.219. The first-order valence-corrected chi connectivity index (χ1v) is 7.50. The lowest BCUT2D eigenvalue weighted by atomic mass is 10.1. The number of hydrogen-bond acceptors (Lipinski definition) is 4. The molecule has 0 spiro atoms. The van der Waals surface area contributed by atoms with E-state index < -0.39 is 11.8 Å². The lowest BCUT2D eigenvalue weighted by Gasteiger charge is -2.11. The van der Waals surface area contributed by atoms with Gasteiger partial charge in [0.15, 0.2) is 5.69 Å². The smallest absolute Gasteiger partial charge is 0.356 e. The molecule has 0 amide bonds. The topological polar surface area (TPSA) is 48.4 Å². The van der Waals surface area contributed by atoms with Gasteiger partial charge in [-0.2, -0.15) is 0 Å². The molecule has 0 aliphatic carbocycles. The van der Waals surface area contributed by atoms with E-state index in [-0.39, 0.29) is 12.3 Å². The predicted octanol–water partition coefficient (Wildman–Crippen LogP) is 4.39. The zero-order valence-electron chi connectivity index (χ0n) is 12.8. The molecular formula is C18H13ClFNO3. The Morgan fingerprint density at radius 3 is 2.79 bits per heavy atom. The first-order chi connectivity index (χ1) is 11.6. The molecule has 0 N–H and O–H groups in total. The number of esters is 1. The second kappa shape index (κ2) is 6.84. The van der Waals surface area contributed by atoms with Crippen LogP contribution in [-0.2, 0) is 11.3 Å². The van der Waals surface area contributed by atoms with E-state index in [2.05, 4.69) is 4.98 Å². The minimum Gasteiger partial charge on any atom is -0.488 e. The van der Waals surface area contributed by atoms with Gasteiger partial charge in [-0.3, -0.25) is 0 Å². The Bertz CT molecular complexity index is 914. The Morgan fingerprint density at radius 1 is 1.21 bits per heavy atom. The lowest BCUT2D eigenvalue weighted by Crippen LogP contribution is -2.06. The number of rotatable bonds is 4. The molecule has 3 aromatic rings. The van der Waals surface area contributed by atoms with Crippen LogP contribution in [0.1, 0.15) is 16.1 Å². The van der Waals surface area contributed by atoms with Crippen LogP contribution in [0.25, 0.3) is 10.9 Å². The number of pyridine rings is 1. The van der Waals surface area contributed by atoms with Crippen LogP contribution in [0.3, 0.4) is 0 Å². The number of nitrogens with zero attached hydrogens (tertiary/aromatic N) is 1. The highest BCUT2D eigenvalue weighted by Gasteiger charge is 2.14. The number of hydrogen-bond donors (Lipinski definition) is 0. The maximum Gasteiger partial charge on any atom is 0.356 e. The quantitative estimate of drug-likeness (QED) is 0.658. The van der Waals surface area contributed by atoms with Crippen molar-refractivity contribution in [3.8, 4) is 5.75 Å². The molecule has 0 saturated carbocycles. The molecule has 24 heavy (non-hydrogen) atoms. The van der Waals surface area contributed by atoms with Crippen LogP contribution in [0.5, 0.6) is 5.75 Å². The Kier molecular flexibility index (Phi) is 4.62. The molecule has 1 heterocycles. The van der Waals surface area contributed by atoms with Crippen molar-refractivity contribution in [2.45, 2.75) is 6.61 Å². The third-order valence-corrected chi connectivity index (χ3v) is 3.65. The van der Waals surface area contributed by atoms with Gasteiger partial charge in [0.05, 0.1) is 12.6 Å². The van der Waals surface area contributed by atoms with Crippen molar-refractivity contribution in [3.05, 3.63) is 70.6 Å². The minimum absolute atomic E-state index is 0.0951. The zero-order valence-corrected chi connectivity index (χ0v) is 13.5. The van der Waals surface area contributed by atoms with Gasteiger partial charge in [-0.1, -0.05) is 23.7 Å². The van der Waals surface area contributed by atoms with E-state index in [0.717, 1.165) is 5.56 Å². The first kappa shape index (κ1) is 16.2. The fourth-order valence-corrected chi connectivity index (χ4v) is 2.50. The monoisotopic (exact) mass is 345 g/mol. The summed E-state index contributed by atoms with van der Waals surface area (Å²) in [6.07, 6.45) is 0. The highest BCUT2D eigenvalue weighted by Crippen LogP contribution is 2.27. The normalized spacial score (nSPS) is 10.6. The van der Waals surface area contributed by atoms with Gasteiger partial charge in [0.1, 0.15) is 18.2 Å². The third-order valence-electron chi connectivity index (χ3n) is 3.41. The summed E-state index contributed by atoms with van der Waals surface area (Å²) < 4.78 is 24.0. The lowest BCUT2D eigenvalue weighted by molar-refractivity contribution is 0.0594. The van der Waals surface area contributed by atoms with E-state index in [1.807, 2.05) is 12.1 Å². The third kappa shape index (κ3) is 3.46. The van der Waals surface area contributed by atoms with Crippen LogP contribution in [0.15, 0.2) is 48.5 Å². The SMILES string of the molecule is COC(=O)c1cc(OCc2cccc(Cl)c2)c2cc(F)ccc2n1. The summed E-state index contributed by atoms with van der Waals surface area (Å²) in [4.78, 5) is 15.9. The molecule has 0 fully saturated rings. The second-order valence-electron chi connectivity index (χ2n) is 5.08. The molecule has 0 atom stereocenters. The van der Waals surface area contributed by atoms with Crippen molar-refractivity contribution in [1.82, 2.24) is 4.98 Å². The molecule has 1 aromatic heterocycles. The zero-order chi connectivity index (χ0) is 17.1. The summed E-state index contributed by atoms with van der Waals surface area (Å²) in [5, 5.41) is 1.07. The predicted molar refractivity (Wildman–Crippen MR) is 88.8 cm³/mol. The van der Waals surface area contributed by atoms with Crippen molar-refractivity contribution in [3.63, 3.8) is 0 Å². The Hall–Kier alpha value is -2.66. The van der Waals surface area contributed by atoms with Gasteiger partial charge in [0, 0.05) is 16.5 Å². The van der Waals surface area contributed by atoms with Gasteiger partial charge in [-0.25, -0.2) is 14.2 Å². The molecule has 3 rings (SSSR count). The summed E-state index contributed by atoms with van der Waals surface area (Å²) in [7, 11) is 1.27. The highest BCUT2D eigenvalue weighted by atomic mass is 35.5. The molecular weight excluding hydrogens is 333 g/mol. The Morgan fingerprint density at radius 2 is 2.04 bits per heavy atom. The van der Waals surface area contributed by atoms with E-state index in [1.54, 1.807) is 12.1 Å². The molecule has 0 unspecified atom stereocenters. The summed E-state index contributed by atoms with van der Waals surface area (Å²) in [5.41, 5.74) is 1.39. The molecule has 2 aromatic carbocycles. The van der Waals surface area contributed by atoms with Crippen LogP contribution in [0.4, 0.5) is 4.39 Å². The van der Waals surface area contributed by atoms with E-state index in [0.29, 0.717) is 21.7 Å². The molecule has 0 saturated heterocycles. The molecule has 122 valence electrons. The summed E-state index contributed by atoms with van der Waals surface area (Å²) >= 11 is 5.95. The number of aromatic nitrogens is 1. The number of ether oxygens (including phenoxy) is 2. The van der Waals surface area contributed by atoms with E-state index in [9.17, 15) is 9.18 Å². The van der Waals surface area contributed by atoms with Crippen LogP contribution >= 0.6 is 11.6 Å². The van der Waals surface area contributed by atoms with Crippen molar-refractivity contribution in [1.29, 1.82) is 0 Å². The fraction of sp³-hybridized carbons (Fsp3) is 0.111. The van der Waals surface area contributed by atoms with E-state index >= 15 is 0 Å². The maximum atomic E-state index is 13.6. The molecule has 4 nitrogen and oxygen atoms in total. The number of fused-ring (bicyclic) bond motifs is 1. The summed E-state index contributed by atoms with van der Waals surface area (Å²) in [5.74, 6) is -0.656. The average molecular weight is 346 g/mol. The number of benzene rings is 2. The van der Waals surface area contributed by atoms with Gasteiger partial charge in [0.25, 0.3) is 0 Å². The van der Waals surface area contributed by atoms with Crippen molar-refractivity contribution >= 4 is 28.5 Å². The van der Waals surface area contributed by atoms with Gasteiger partial charge in [-0.05, 0) is 35.9 Å². The average Bonchev–Trinajstić information content (AvgIpc) is 2.59.